The predicted molar refractivity (Wildman–Crippen MR) is 86.7 cm³/mol. The van der Waals surface area contributed by atoms with E-state index in [-0.39, 0.29) is 6.61 Å². The monoisotopic (exact) mass is 335 g/mol. The van der Waals surface area contributed by atoms with Crippen molar-refractivity contribution in [3.05, 3.63) is 47.4 Å². The van der Waals surface area contributed by atoms with Crippen molar-refractivity contribution in [2.75, 3.05) is 11.9 Å². The molecule has 0 saturated heterocycles. The fourth-order valence-electron chi connectivity index (χ4n) is 1.72. The summed E-state index contributed by atoms with van der Waals surface area (Å²) in [6, 6.07) is 5.38. The summed E-state index contributed by atoms with van der Waals surface area (Å²) in [5.41, 5.74) is 0.788. The molecule has 0 aromatic carbocycles. The minimum absolute atomic E-state index is 0.351. The first-order valence-corrected chi connectivity index (χ1v) is 7.87. The maximum Gasteiger partial charge on any atom is 0.331 e. The Hall–Kier alpha value is -2.48. The number of carbonyl (C=O) groups is 2. The van der Waals surface area contributed by atoms with E-state index in [9.17, 15) is 9.59 Å². The Bertz CT molecular complexity index is 692. The zero-order chi connectivity index (χ0) is 16.7. The molecule has 0 bridgehead atoms. The van der Waals surface area contributed by atoms with Crippen molar-refractivity contribution < 1.29 is 18.7 Å². The second kappa shape index (κ2) is 8.23. The number of hydrogen-bond acceptors (Lipinski definition) is 6. The van der Waals surface area contributed by atoms with E-state index in [0.29, 0.717) is 11.6 Å². The number of aryl methyl sites for hydroxylation is 2. The summed E-state index contributed by atoms with van der Waals surface area (Å²) in [6.45, 7) is 1.47. The van der Waals surface area contributed by atoms with Gasteiger partial charge in [0.05, 0.1) is 17.7 Å². The van der Waals surface area contributed by atoms with Crippen LogP contribution in [0.2, 0.25) is 0 Å². The maximum absolute atomic E-state index is 11.7. The van der Waals surface area contributed by atoms with Crippen molar-refractivity contribution in [1.29, 1.82) is 0 Å². The number of thioether (sulfide) groups is 1. The van der Waals surface area contributed by atoms with Gasteiger partial charge in [-0.15, -0.1) is 11.8 Å². The van der Waals surface area contributed by atoms with Crippen LogP contribution < -0.4 is 5.32 Å². The number of carbonyl (C=O) groups excluding carboxylic acids is 2. The van der Waals surface area contributed by atoms with E-state index < -0.39 is 11.9 Å². The highest BCUT2D eigenvalue weighted by Gasteiger charge is 2.08. The van der Waals surface area contributed by atoms with Crippen LogP contribution >= 0.6 is 11.8 Å². The second-order valence-corrected chi connectivity index (χ2v) is 5.54. The van der Waals surface area contributed by atoms with Crippen LogP contribution in [0.3, 0.4) is 0 Å². The molecule has 1 N–H and O–H groups in total. The average molecular weight is 335 g/mol. The van der Waals surface area contributed by atoms with Crippen LogP contribution in [0, 0.1) is 6.92 Å². The van der Waals surface area contributed by atoms with Crippen molar-refractivity contribution in [2.24, 2.45) is 7.05 Å². The lowest BCUT2D eigenvalue weighted by Gasteiger charge is -2.05. The van der Waals surface area contributed by atoms with Gasteiger partial charge in [-0.2, -0.15) is 5.10 Å². The molecule has 7 nitrogen and oxygen atoms in total. The van der Waals surface area contributed by atoms with Gasteiger partial charge in [-0.1, -0.05) is 0 Å². The van der Waals surface area contributed by atoms with Gasteiger partial charge in [-0.25, -0.2) is 4.79 Å². The van der Waals surface area contributed by atoms with Gasteiger partial charge in [-0.3, -0.25) is 9.48 Å². The zero-order valence-corrected chi connectivity index (χ0v) is 13.6. The molecule has 122 valence electrons. The fraction of sp³-hybridized carbons (Fsp3) is 0.267. The highest BCUT2D eigenvalue weighted by Crippen LogP contribution is 2.13. The Morgan fingerprint density at radius 2 is 2.35 bits per heavy atom. The Balaban J connectivity index is 1.67. The Labute approximate surface area is 137 Å². The van der Waals surface area contributed by atoms with Gasteiger partial charge in [0.2, 0.25) is 0 Å². The number of amides is 1. The summed E-state index contributed by atoms with van der Waals surface area (Å²) in [5, 5.41) is 8.32. The number of ether oxygens (including phenoxy) is 1. The summed E-state index contributed by atoms with van der Waals surface area (Å²) in [6.07, 6.45) is 2.87. The van der Waals surface area contributed by atoms with Gasteiger partial charge in [0.15, 0.2) is 6.61 Å². The molecule has 0 aliphatic rings. The first kappa shape index (κ1) is 16.9. The molecule has 0 spiro atoms. The minimum atomic E-state index is -0.576. The van der Waals surface area contributed by atoms with Crippen molar-refractivity contribution in [2.45, 2.75) is 12.7 Å². The van der Waals surface area contributed by atoms with Crippen LogP contribution in [-0.4, -0.2) is 28.3 Å². The number of hydrogen-bond donors (Lipinski definition) is 1. The van der Waals surface area contributed by atoms with Crippen molar-refractivity contribution in [3.63, 3.8) is 0 Å². The minimum Gasteiger partial charge on any atom is -0.468 e. The molecule has 2 aromatic heterocycles. The summed E-state index contributed by atoms with van der Waals surface area (Å²) in [4.78, 5) is 23.2. The third-order valence-electron chi connectivity index (χ3n) is 2.72. The van der Waals surface area contributed by atoms with Crippen LogP contribution in [0.4, 0.5) is 5.82 Å². The normalized spacial score (nSPS) is 10.9. The molecular formula is C15H17N3O4S. The molecule has 0 unspecified atom stereocenters. The Morgan fingerprint density at radius 3 is 3.00 bits per heavy atom. The molecule has 1 amide bonds. The lowest BCUT2D eigenvalue weighted by atomic mass is 10.4. The van der Waals surface area contributed by atoms with Gasteiger partial charge in [-0.05, 0) is 24.5 Å². The Morgan fingerprint density at radius 1 is 1.52 bits per heavy atom. The average Bonchev–Trinajstić information content (AvgIpc) is 3.12. The molecule has 0 aliphatic carbocycles. The molecule has 2 rings (SSSR count). The van der Waals surface area contributed by atoms with Crippen LogP contribution in [0.15, 0.2) is 40.4 Å². The fourth-order valence-corrected chi connectivity index (χ4v) is 2.35. The number of anilines is 1. The molecular weight excluding hydrogens is 318 g/mol. The molecule has 2 aromatic rings. The van der Waals surface area contributed by atoms with E-state index in [1.165, 1.54) is 17.8 Å². The number of aromatic nitrogens is 2. The molecule has 23 heavy (non-hydrogen) atoms. The zero-order valence-electron chi connectivity index (χ0n) is 12.8. The summed E-state index contributed by atoms with van der Waals surface area (Å²) >= 11 is 1.39. The van der Waals surface area contributed by atoms with E-state index in [0.717, 1.165) is 11.5 Å². The number of esters is 1. The van der Waals surface area contributed by atoms with E-state index in [1.807, 2.05) is 13.0 Å². The third kappa shape index (κ3) is 5.67. The maximum atomic E-state index is 11.7. The lowest BCUT2D eigenvalue weighted by Crippen LogP contribution is -2.21. The molecule has 8 heteroatoms. The lowest BCUT2D eigenvalue weighted by molar-refractivity contribution is -0.142. The first-order valence-electron chi connectivity index (χ1n) is 6.82. The van der Waals surface area contributed by atoms with Crippen LogP contribution in [0.1, 0.15) is 11.5 Å². The molecule has 0 radical (unpaired) electrons. The highest BCUT2D eigenvalue weighted by molar-refractivity contribution is 8.01. The van der Waals surface area contributed by atoms with E-state index in [4.69, 9.17) is 9.15 Å². The van der Waals surface area contributed by atoms with E-state index in [1.54, 1.807) is 35.5 Å². The summed E-state index contributed by atoms with van der Waals surface area (Å²) < 4.78 is 11.6. The molecule has 0 saturated carbocycles. The SMILES string of the molecule is Cc1cc(NC(=O)COC(=O)/C=C/SCc2ccco2)n(C)n1. The van der Waals surface area contributed by atoms with E-state index >= 15 is 0 Å². The first-order chi connectivity index (χ1) is 11.0. The van der Waals surface area contributed by atoms with Crippen LogP contribution in [-0.2, 0) is 27.1 Å². The van der Waals surface area contributed by atoms with Gasteiger partial charge in [0.25, 0.3) is 5.91 Å². The quantitative estimate of drug-likeness (QED) is 0.617. The van der Waals surface area contributed by atoms with E-state index in [2.05, 4.69) is 10.4 Å². The third-order valence-corrected chi connectivity index (χ3v) is 3.50. The molecule has 2 heterocycles. The second-order valence-electron chi connectivity index (χ2n) is 4.64. The number of rotatable bonds is 7. The number of furan rings is 1. The highest BCUT2D eigenvalue weighted by atomic mass is 32.2. The molecule has 0 atom stereocenters. The van der Waals surface area contributed by atoms with Crippen molar-refractivity contribution in [1.82, 2.24) is 9.78 Å². The van der Waals surface area contributed by atoms with Crippen molar-refractivity contribution in [3.8, 4) is 0 Å². The smallest absolute Gasteiger partial charge is 0.331 e. The number of nitrogens with one attached hydrogen (secondary N) is 1. The molecule has 0 aliphatic heterocycles. The van der Waals surface area contributed by atoms with Crippen LogP contribution in [0.5, 0.6) is 0 Å². The molecule has 0 fully saturated rings. The largest absolute Gasteiger partial charge is 0.468 e. The topological polar surface area (TPSA) is 86.4 Å². The summed E-state index contributed by atoms with van der Waals surface area (Å²) in [5.74, 6) is 0.995. The van der Waals surface area contributed by atoms with Gasteiger partial charge in [0.1, 0.15) is 11.6 Å². The van der Waals surface area contributed by atoms with Crippen molar-refractivity contribution >= 4 is 29.5 Å². The standard InChI is InChI=1S/C15H17N3O4S/c1-11-8-13(18(2)17-11)16-14(19)9-22-15(20)5-7-23-10-12-4-3-6-21-12/h3-8H,9-10H2,1-2H3,(H,16,19)/b7-5+. The van der Waals surface area contributed by atoms with Gasteiger partial charge >= 0.3 is 5.97 Å². The van der Waals surface area contributed by atoms with Gasteiger partial charge in [0, 0.05) is 19.2 Å². The summed E-state index contributed by atoms with van der Waals surface area (Å²) in [7, 11) is 1.72. The predicted octanol–water partition coefficient (Wildman–Crippen LogP) is 2.25. The van der Waals surface area contributed by atoms with Gasteiger partial charge < -0.3 is 14.5 Å². The Kier molecular flexibility index (Phi) is 6.04. The van der Waals surface area contributed by atoms with Crippen LogP contribution in [0.25, 0.3) is 0 Å². The number of nitrogens with zero attached hydrogens (tertiary/aromatic N) is 2.